The van der Waals surface area contributed by atoms with Gasteiger partial charge in [-0.05, 0) is 26.0 Å². The number of thiol groups is 1. The zero-order valence-electron chi connectivity index (χ0n) is 5.05. The second-order valence-electron chi connectivity index (χ2n) is 1.93. The minimum atomic E-state index is 1.19. The second-order valence-corrected chi connectivity index (χ2v) is 2.33. The summed E-state index contributed by atoms with van der Waals surface area (Å²) in [4.78, 5) is 0. The zero-order chi connectivity index (χ0) is 6.15. The summed E-state index contributed by atoms with van der Waals surface area (Å²) >= 11 is 4.18. The van der Waals surface area contributed by atoms with Crippen molar-refractivity contribution in [1.82, 2.24) is 3.97 Å². The van der Waals surface area contributed by atoms with Gasteiger partial charge >= 0.3 is 0 Å². The van der Waals surface area contributed by atoms with Crippen LogP contribution in [-0.4, -0.2) is 3.97 Å². The molecule has 1 heterocycles. The molecule has 0 aliphatic heterocycles. The molecule has 0 saturated carbocycles. The van der Waals surface area contributed by atoms with Crippen molar-refractivity contribution < 1.29 is 0 Å². The van der Waals surface area contributed by atoms with Crippen molar-refractivity contribution in [3.8, 4) is 0 Å². The third-order valence-electron chi connectivity index (χ3n) is 1.23. The Labute approximate surface area is 54.9 Å². The molecule has 0 aliphatic rings. The fraction of sp³-hybridized carbons (Fsp3) is 0.333. The Morgan fingerprint density at radius 3 is 1.75 bits per heavy atom. The highest BCUT2D eigenvalue weighted by atomic mass is 32.1. The van der Waals surface area contributed by atoms with Crippen LogP contribution in [0.15, 0.2) is 12.1 Å². The van der Waals surface area contributed by atoms with Gasteiger partial charge in [-0.1, -0.05) is 12.8 Å². The molecular weight excluding hydrogens is 118 g/mol. The summed E-state index contributed by atoms with van der Waals surface area (Å²) in [7, 11) is 0. The van der Waals surface area contributed by atoms with Crippen molar-refractivity contribution in [3.63, 3.8) is 0 Å². The van der Waals surface area contributed by atoms with Crippen LogP contribution in [0.2, 0.25) is 0 Å². The summed E-state index contributed by atoms with van der Waals surface area (Å²) in [5, 5.41) is 0. The van der Waals surface area contributed by atoms with Gasteiger partial charge in [-0.2, -0.15) is 0 Å². The van der Waals surface area contributed by atoms with Crippen molar-refractivity contribution in [2.24, 2.45) is 0 Å². The first-order valence-electron chi connectivity index (χ1n) is 2.56. The normalized spacial score (nSPS) is 9.88. The van der Waals surface area contributed by atoms with E-state index in [2.05, 4.69) is 12.8 Å². The van der Waals surface area contributed by atoms with Gasteiger partial charge in [0.2, 0.25) is 0 Å². The van der Waals surface area contributed by atoms with E-state index in [1.165, 1.54) is 11.4 Å². The van der Waals surface area contributed by atoms with Crippen LogP contribution < -0.4 is 0 Å². The van der Waals surface area contributed by atoms with Crippen LogP contribution in [0.5, 0.6) is 0 Å². The summed E-state index contributed by atoms with van der Waals surface area (Å²) in [6.07, 6.45) is 0. The van der Waals surface area contributed by atoms with Crippen LogP contribution in [0, 0.1) is 13.8 Å². The summed E-state index contributed by atoms with van der Waals surface area (Å²) in [6.45, 7) is 4.06. The average Bonchev–Trinajstić information content (AvgIpc) is 1.98. The molecule has 0 unspecified atom stereocenters. The highest BCUT2D eigenvalue weighted by molar-refractivity contribution is 7.78. The Morgan fingerprint density at radius 1 is 1.25 bits per heavy atom. The third-order valence-corrected chi connectivity index (χ3v) is 1.86. The van der Waals surface area contributed by atoms with E-state index in [9.17, 15) is 0 Å². The minimum Gasteiger partial charge on any atom is -0.296 e. The number of rotatable bonds is 0. The quantitative estimate of drug-likeness (QED) is 0.507. The molecule has 1 aromatic heterocycles. The number of aromatic nitrogens is 1. The number of hydrogen-bond acceptors (Lipinski definition) is 1. The van der Waals surface area contributed by atoms with Crippen LogP contribution >= 0.6 is 12.8 Å². The number of hydrogen-bond donors (Lipinski definition) is 1. The van der Waals surface area contributed by atoms with Gasteiger partial charge in [0.05, 0.1) is 0 Å². The van der Waals surface area contributed by atoms with Crippen molar-refractivity contribution in [3.05, 3.63) is 23.5 Å². The fourth-order valence-corrected chi connectivity index (χ4v) is 0.794. The molecule has 8 heavy (non-hydrogen) atoms. The maximum Gasteiger partial charge on any atom is 0.0262 e. The Morgan fingerprint density at radius 2 is 1.62 bits per heavy atom. The van der Waals surface area contributed by atoms with Crippen LogP contribution in [-0.2, 0) is 0 Å². The van der Waals surface area contributed by atoms with Gasteiger partial charge in [-0.3, -0.25) is 3.97 Å². The lowest BCUT2D eigenvalue weighted by molar-refractivity contribution is 1.12. The predicted molar refractivity (Wildman–Crippen MR) is 38.3 cm³/mol. The fourth-order valence-electron chi connectivity index (χ4n) is 0.661. The maximum absolute atomic E-state index is 4.18. The largest absolute Gasteiger partial charge is 0.296 e. The van der Waals surface area contributed by atoms with E-state index in [1.807, 2.05) is 30.0 Å². The van der Waals surface area contributed by atoms with E-state index in [0.717, 1.165) is 0 Å². The number of aryl methyl sites for hydroxylation is 2. The Hall–Kier alpha value is -0.370. The summed E-state index contributed by atoms with van der Waals surface area (Å²) in [5.41, 5.74) is 2.37. The SMILES string of the molecule is Cc1ccc(C)n1S. The monoisotopic (exact) mass is 127 g/mol. The summed E-state index contributed by atoms with van der Waals surface area (Å²) in [5.74, 6) is 0. The first-order valence-corrected chi connectivity index (χ1v) is 2.96. The van der Waals surface area contributed by atoms with E-state index in [4.69, 9.17) is 0 Å². The highest BCUT2D eigenvalue weighted by Crippen LogP contribution is 2.06. The molecule has 1 aromatic rings. The van der Waals surface area contributed by atoms with Gasteiger partial charge in [-0.15, -0.1) is 0 Å². The first kappa shape index (κ1) is 5.76. The third kappa shape index (κ3) is 0.757. The Kier molecular flexibility index (Phi) is 1.34. The summed E-state index contributed by atoms with van der Waals surface area (Å²) in [6, 6.07) is 4.09. The van der Waals surface area contributed by atoms with E-state index in [-0.39, 0.29) is 0 Å². The van der Waals surface area contributed by atoms with Gasteiger partial charge in [0.1, 0.15) is 0 Å². The number of nitrogens with zero attached hydrogens (tertiary/aromatic N) is 1. The van der Waals surface area contributed by atoms with E-state index in [1.54, 1.807) is 0 Å². The van der Waals surface area contributed by atoms with E-state index >= 15 is 0 Å². The molecule has 0 aliphatic carbocycles. The van der Waals surface area contributed by atoms with Crippen molar-refractivity contribution in [2.45, 2.75) is 13.8 Å². The van der Waals surface area contributed by atoms with Crippen molar-refractivity contribution >= 4 is 12.8 Å². The van der Waals surface area contributed by atoms with Crippen molar-refractivity contribution in [2.75, 3.05) is 0 Å². The molecule has 0 radical (unpaired) electrons. The second kappa shape index (κ2) is 1.86. The molecule has 1 nitrogen and oxygen atoms in total. The van der Waals surface area contributed by atoms with Crippen LogP contribution in [0.1, 0.15) is 11.4 Å². The van der Waals surface area contributed by atoms with E-state index < -0.39 is 0 Å². The molecule has 0 amide bonds. The first-order chi connectivity index (χ1) is 3.72. The Bertz CT molecular complexity index is 171. The van der Waals surface area contributed by atoms with Crippen LogP contribution in [0.25, 0.3) is 0 Å². The lowest BCUT2D eigenvalue weighted by Gasteiger charge is -1.94. The topological polar surface area (TPSA) is 4.93 Å². The van der Waals surface area contributed by atoms with Gasteiger partial charge in [0, 0.05) is 11.4 Å². The van der Waals surface area contributed by atoms with Gasteiger partial charge in [-0.25, -0.2) is 0 Å². The zero-order valence-corrected chi connectivity index (χ0v) is 5.94. The lowest BCUT2D eigenvalue weighted by Crippen LogP contribution is -1.83. The standard InChI is InChI=1S/C6H9NS/c1-5-3-4-6(2)7(5)8/h3-4,8H,1-2H3. The predicted octanol–water partition coefficient (Wildman–Crippen LogP) is 1.80. The molecule has 0 atom stereocenters. The molecule has 0 bridgehead atoms. The Balaban J connectivity index is 3.19. The van der Waals surface area contributed by atoms with Gasteiger partial charge in [0.25, 0.3) is 0 Å². The average molecular weight is 127 g/mol. The minimum absolute atomic E-state index is 1.19. The molecule has 44 valence electrons. The lowest BCUT2D eigenvalue weighted by atomic mass is 10.5. The highest BCUT2D eigenvalue weighted by Gasteiger charge is 1.92. The maximum atomic E-state index is 4.18. The van der Waals surface area contributed by atoms with Gasteiger partial charge < -0.3 is 0 Å². The molecule has 1 rings (SSSR count). The van der Waals surface area contributed by atoms with E-state index in [0.29, 0.717) is 0 Å². The molecule has 0 spiro atoms. The molecule has 0 aromatic carbocycles. The van der Waals surface area contributed by atoms with Crippen LogP contribution in [0.4, 0.5) is 0 Å². The molecular formula is C6H9NS. The molecule has 0 saturated heterocycles. The molecule has 0 N–H and O–H groups in total. The van der Waals surface area contributed by atoms with Gasteiger partial charge in [0.15, 0.2) is 0 Å². The molecule has 2 heteroatoms. The van der Waals surface area contributed by atoms with Crippen molar-refractivity contribution in [1.29, 1.82) is 0 Å². The smallest absolute Gasteiger partial charge is 0.0262 e. The molecule has 0 fully saturated rings. The van der Waals surface area contributed by atoms with Crippen LogP contribution in [0.3, 0.4) is 0 Å². The summed E-state index contributed by atoms with van der Waals surface area (Å²) < 4.78 is 1.86.